The van der Waals surface area contributed by atoms with Gasteiger partial charge in [-0.2, -0.15) is 4.31 Å². The molecule has 3 fully saturated rings. The molecule has 3 saturated heterocycles. The van der Waals surface area contributed by atoms with Gasteiger partial charge in [0.2, 0.25) is 15.9 Å². The molecule has 3 aliphatic heterocycles. The number of hydrogen-bond acceptors (Lipinski definition) is 6. The molecule has 34 heavy (non-hydrogen) atoms. The molecule has 0 atom stereocenters. The Labute approximate surface area is 202 Å². The van der Waals surface area contributed by atoms with Crippen molar-refractivity contribution in [1.29, 1.82) is 0 Å². The van der Waals surface area contributed by atoms with Crippen LogP contribution >= 0.6 is 0 Å². The van der Waals surface area contributed by atoms with Crippen molar-refractivity contribution in [3.8, 4) is 0 Å². The van der Waals surface area contributed by atoms with E-state index in [1.54, 1.807) is 16.4 Å². The smallest absolute Gasteiger partial charge is 0.243 e. The summed E-state index contributed by atoms with van der Waals surface area (Å²) in [4.78, 5) is 24.6. The number of anilines is 1. The van der Waals surface area contributed by atoms with Crippen LogP contribution in [0.3, 0.4) is 0 Å². The van der Waals surface area contributed by atoms with Crippen LogP contribution in [0, 0.1) is 5.92 Å². The SMILES string of the molecule is CN1CCN(C(=O)C2CCN(c3ccc4cc(S(=O)(=O)N5CCCCC5)ccc4n3)CC2)CC1. The molecule has 0 saturated carbocycles. The molecule has 1 aromatic heterocycles. The van der Waals surface area contributed by atoms with Crippen LogP contribution in [0.4, 0.5) is 5.82 Å². The first-order chi connectivity index (χ1) is 16.4. The summed E-state index contributed by atoms with van der Waals surface area (Å²) in [7, 11) is -1.35. The molecule has 4 heterocycles. The van der Waals surface area contributed by atoms with E-state index in [4.69, 9.17) is 4.98 Å². The number of pyridine rings is 1. The van der Waals surface area contributed by atoms with E-state index in [1.165, 1.54) is 0 Å². The first kappa shape index (κ1) is 23.5. The Morgan fingerprint density at radius 2 is 1.59 bits per heavy atom. The maximum absolute atomic E-state index is 13.0. The molecule has 0 spiro atoms. The van der Waals surface area contributed by atoms with E-state index in [1.807, 2.05) is 23.1 Å². The van der Waals surface area contributed by atoms with E-state index in [2.05, 4.69) is 16.8 Å². The lowest BCUT2D eigenvalue weighted by molar-refractivity contribution is -0.137. The van der Waals surface area contributed by atoms with Crippen molar-refractivity contribution in [2.24, 2.45) is 5.92 Å². The minimum Gasteiger partial charge on any atom is -0.357 e. The summed E-state index contributed by atoms with van der Waals surface area (Å²) in [5.41, 5.74) is 0.797. The van der Waals surface area contributed by atoms with E-state index in [9.17, 15) is 13.2 Å². The number of aromatic nitrogens is 1. The van der Waals surface area contributed by atoms with Crippen molar-refractivity contribution in [2.75, 3.05) is 64.3 Å². The largest absolute Gasteiger partial charge is 0.357 e. The van der Waals surface area contributed by atoms with Gasteiger partial charge in [0.25, 0.3) is 0 Å². The van der Waals surface area contributed by atoms with Crippen molar-refractivity contribution in [3.63, 3.8) is 0 Å². The van der Waals surface area contributed by atoms with Crippen LogP contribution in [-0.2, 0) is 14.8 Å². The minimum absolute atomic E-state index is 0.0997. The van der Waals surface area contributed by atoms with Gasteiger partial charge < -0.3 is 14.7 Å². The number of hydrogen-bond donors (Lipinski definition) is 0. The van der Waals surface area contributed by atoms with Crippen LogP contribution < -0.4 is 4.90 Å². The number of benzene rings is 1. The molecule has 1 amide bonds. The summed E-state index contributed by atoms with van der Waals surface area (Å²) in [6, 6.07) is 9.19. The third-order valence-corrected chi connectivity index (χ3v) is 9.48. The highest BCUT2D eigenvalue weighted by Gasteiger charge is 2.30. The number of fused-ring (bicyclic) bond motifs is 1. The Kier molecular flexibility index (Phi) is 6.77. The minimum atomic E-state index is -3.45. The van der Waals surface area contributed by atoms with Gasteiger partial charge >= 0.3 is 0 Å². The summed E-state index contributed by atoms with van der Waals surface area (Å²) in [5.74, 6) is 1.30. The molecule has 0 radical (unpaired) electrons. The Bertz CT molecular complexity index is 1130. The van der Waals surface area contributed by atoms with Gasteiger partial charge in [-0.25, -0.2) is 13.4 Å². The van der Waals surface area contributed by atoms with E-state index < -0.39 is 10.0 Å². The van der Waals surface area contributed by atoms with Gasteiger partial charge in [-0.3, -0.25) is 4.79 Å². The highest BCUT2D eigenvalue weighted by atomic mass is 32.2. The first-order valence-corrected chi connectivity index (χ1v) is 14.0. The highest BCUT2D eigenvalue weighted by molar-refractivity contribution is 7.89. The molecule has 0 bridgehead atoms. The fourth-order valence-electron chi connectivity index (χ4n) is 5.32. The average molecular weight is 486 g/mol. The molecule has 3 aliphatic rings. The van der Waals surface area contributed by atoms with Crippen LogP contribution in [0.1, 0.15) is 32.1 Å². The van der Waals surface area contributed by atoms with E-state index >= 15 is 0 Å². The number of rotatable bonds is 4. The van der Waals surface area contributed by atoms with Crippen LogP contribution in [0.5, 0.6) is 0 Å². The van der Waals surface area contributed by atoms with Gasteiger partial charge in [-0.1, -0.05) is 6.42 Å². The van der Waals surface area contributed by atoms with Gasteiger partial charge in [0.1, 0.15) is 5.82 Å². The second kappa shape index (κ2) is 9.79. The molecule has 184 valence electrons. The Morgan fingerprint density at radius 3 is 2.29 bits per heavy atom. The maximum atomic E-state index is 13.0. The standard InChI is InChI=1S/C25H35N5O3S/c1-27-15-17-29(18-16-27)25(31)20-9-13-28(14-10-20)24-8-5-21-19-22(6-7-23(21)26-24)34(32,33)30-11-3-2-4-12-30/h5-8,19-20H,2-4,9-18H2,1H3. The Hall–Kier alpha value is -2.23. The van der Waals surface area contributed by atoms with Crippen LogP contribution in [0.15, 0.2) is 35.2 Å². The predicted molar refractivity (Wildman–Crippen MR) is 133 cm³/mol. The monoisotopic (exact) mass is 485 g/mol. The molecular weight excluding hydrogens is 450 g/mol. The number of carbonyl (C=O) groups is 1. The number of amides is 1. The summed E-state index contributed by atoms with van der Waals surface area (Å²) < 4.78 is 27.7. The zero-order valence-corrected chi connectivity index (χ0v) is 20.8. The van der Waals surface area contributed by atoms with Crippen molar-refractivity contribution < 1.29 is 13.2 Å². The first-order valence-electron chi connectivity index (χ1n) is 12.5. The van der Waals surface area contributed by atoms with Crippen molar-refractivity contribution >= 4 is 32.7 Å². The molecule has 8 nitrogen and oxygen atoms in total. The fourth-order valence-corrected chi connectivity index (χ4v) is 6.88. The van der Waals surface area contributed by atoms with Crippen molar-refractivity contribution in [1.82, 2.24) is 19.1 Å². The van der Waals surface area contributed by atoms with Crippen LogP contribution in [-0.4, -0.2) is 92.8 Å². The van der Waals surface area contributed by atoms with Gasteiger partial charge in [0.05, 0.1) is 10.4 Å². The molecule has 0 aliphatic carbocycles. The second-order valence-corrected chi connectivity index (χ2v) is 11.8. The molecule has 0 unspecified atom stereocenters. The predicted octanol–water partition coefficient (Wildman–Crippen LogP) is 2.40. The lowest BCUT2D eigenvalue weighted by Crippen LogP contribution is -2.50. The van der Waals surface area contributed by atoms with Gasteiger partial charge in [0.15, 0.2) is 0 Å². The number of piperidine rings is 2. The lowest BCUT2D eigenvalue weighted by atomic mass is 9.95. The van der Waals surface area contributed by atoms with E-state index in [0.29, 0.717) is 23.9 Å². The topological polar surface area (TPSA) is 77.1 Å². The van der Waals surface area contributed by atoms with E-state index in [0.717, 1.165) is 88.1 Å². The molecule has 9 heteroatoms. The zero-order valence-electron chi connectivity index (χ0n) is 20.0. The number of sulfonamides is 1. The molecule has 0 N–H and O–H groups in total. The van der Waals surface area contributed by atoms with Crippen LogP contribution in [0.2, 0.25) is 0 Å². The molecule has 1 aromatic carbocycles. The Balaban J connectivity index is 1.24. The highest BCUT2D eigenvalue weighted by Crippen LogP contribution is 2.28. The number of carbonyl (C=O) groups excluding carboxylic acids is 1. The third kappa shape index (κ3) is 4.78. The second-order valence-electron chi connectivity index (χ2n) is 9.88. The van der Waals surface area contributed by atoms with Gasteiger partial charge in [-0.05, 0) is 63.1 Å². The number of nitrogens with zero attached hydrogens (tertiary/aromatic N) is 5. The average Bonchev–Trinajstić information content (AvgIpc) is 2.88. The molecular formula is C25H35N5O3S. The van der Waals surface area contributed by atoms with Gasteiger partial charge in [0, 0.05) is 63.7 Å². The number of piperazine rings is 1. The van der Waals surface area contributed by atoms with Crippen molar-refractivity contribution in [3.05, 3.63) is 30.3 Å². The van der Waals surface area contributed by atoms with E-state index in [-0.39, 0.29) is 5.92 Å². The summed E-state index contributed by atoms with van der Waals surface area (Å²) >= 11 is 0. The molecule has 5 rings (SSSR count). The molecule has 2 aromatic rings. The Morgan fingerprint density at radius 1 is 0.882 bits per heavy atom. The van der Waals surface area contributed by atoms with Crippen LogP contribution in [0.25, 0.3) is 10.9 Å². The maximum Gasteiger partial charge on any atom is 0.243 e. The summed E-state index contributed by atoms with van der Waals surface area (Å²) in [6.45, 7) is 6.39. The summed E-state index contributed by atoms with van der Waals surface area (Å²) in [5, 5.41) is 0.835. The number of likely N-dealkylation sites (N-methyl/N-ethyl adjacent to an activating group) is 1. The fraction of sp³-hybridized carbons (Fsp3) is 0.600. The van der Waals surface area contributed by atoms with Gasteiger partial charge in [-0.15, -0.1) is 0 Å². The van der Waals surface area contributed by atoms with Crippen molar-refractivity contribution in [2.45, 2.75) is 37.0 Å². The quantitative estimate of drug-likeness (QED) is 0.662. The zero-order chi connectivity index (χ0) is 23.7. The summed E-state index contributed by atoms with van der Waals surface area (Å²) in [6.07, 6.45) is 4.64. The normalized spacial score (nSPS) is 21.8. The lowest BCUT2D eigenvalue weighted by Gasteiger charge is -2.37. The third-order valence-electron chi connectivity index (χ3n) is 7.58.